The van der Waals surface area contributed by atoms with Crippen LogP contribution >= 0.6 is 11.6 Å². The summed E-state index contributed by atoms with van der Waals surface area (Å²) >= 11 is 6.44. The largest absolute Gasteiger partial charge is 0.484 e. The maximum atomic E-state index is 13.6. The molecule has 3 aromatic rings. The van der Waals surface area contributed by atoms with Crippen LogP contribution in [0, 0.1) is 0 Å². The van der Waals surface area contributed by atoms with Gasteiger partial charge in [-0.25, -0.2) is 0 Å². The number of rotatable bonds is 12. The quantitative estimate of drug-likeness (QED) is 0.327. The molecule has 0 aliphatic rings. The Morgan fingerprint density at radius 3 is 2.25 bits per heavy atom. The zero-order chi connectivity index (χ0) is 25.9. The minimum Gasteiger partial charge on any atom is -0.484 e. The van der Waals surface area contributed by atoms with Crippen LogP contribution in [0.4, 0.5) is 0 Å². The van der Waals surface area contributed by atoms with Crippen molar-refractivity contribution in [3.05, 3.63) is 101 Å². The summed E-state index contributed by atoms with van der Waals surface area (Å²) in [6.45, 7) is 6.81. The second kappa shape index (κ2) is 13.7. The molecule has 6 heteroatoms. The van der Waals surface area contributed by atoms with Crippen LogP contribution in [0.25, 0.3) is 0 Å². The van der Waals surface area contributed by atoms with Crippen LogP contribution in [-0.2, 0) is 22.6 Å². The highest BCUT2D eigenvalue weighted by atomic mass is 35.5. The Bertz CT molecular complexity index is 1120. The summed E-state index contributed by atoms with van der Waals surface area (Å²) in [6.07, 6.45) is 1.19. The zero-order valence-corrected chi connectivity index (χ0v) is 22.0. The molecule has 5 nitrogen and oxygen atoms in total. The third kappa shape index (κ3) is 7.85. The van der Waals surface area contributed by atoms with Crippen molar-refractivity contribution in [1.82, 2.24) is 10.2 Å². The van der Waals surface area contributed by atoms with Crippen molar-refractivity contribution in [3.63, 3.8) is 0 Å². The van der Waals surface area contributed by atoms with Crippen molar-refractivity contribution in [1.29, 1.82) is 0 Å². The van der Waals surface area contributed by atoms with Crippen LogP contribution in [0.3, 0.4) is 0 Å². The van der Waals surface area contributed by atoms with Gasteiger partial charge >= 0.3 is 0 Å². The van der Waals surface area contributed by atoms with Gasteiger partial charge in [0, 0.05) is 24.5 Å². The number of ether oxygens (including phenoxy) is 1. The molecule has 3 rings (SSSR count). The van der Waals surface area contributed by atoms with E-state index in [4.69, 9.17) is 16.3 Å². The van der Waals surface area contributed by atoms with Gasteiger partial charge in [-0.1, -0.05) is 93.0 Å². The van der Waals surface area contributed by atoms with Crippen molar-refractivity contribution in [2.75, 3.05) is 13.2 Å². The van der Waals surface area contributed by atoms with Gasteiger partial charge in [-0.2, -0.15) is 0 Å². The maximum Gasteiger partial charge on any atom is 0.261 e. The van der Waals surface area contributed by atoms with Gasteiger partial charge in [0.25, 0.3) is 5.91 Å². The van der Waals surface area contributed by atoms with E-state index in [1.807, 2.05) is 79.7 Å². The summed E-state index contributed by atoms with van der Waals surface area (Å²) in [5.74, 6) is 0.547. The van der Waals surface area contributed by atoms with Gasteiger partial charge in [-0.3, -0.25) is 9.59 Å². The van der Waals surface area contributed by atoms with Crippen LogP contribution in [0.5, 0.6) is 5.75 Å². The van der Waals surface area contributed by atoms with Crippen molar-refractivity contribution >= 4 is 23.4 Å². The van der Waals surface area contributed by atoms with Gasteiger partial charge in [0.15, 0.2) is 6.61 Å². The smallest absolute Gasteiger partial charge is 0.261 e. The fraction of sp³-hybridized carbons (Fsp3) is 0.333. The van der Waals surface area contributed by atoms with E-state index in [1.165, 1.54) is 5.56 Å². The lowest BCUT2D eigenvalue weighted by Gasteiger charge is -2.31. The van der Waals surface area contributed by atoms with E-state index in [0.29, 0.717) is 29.7 Å². The predicted octanol–water partition coefficient (Wildman–Crippen LogP) is 6.01. The molecule has 0 fully saturated rings. The molecule has 1 unspecified atom stereocenters. The van der Waals surface area contributed by atoms with Gasteiger partial charge in [-0.05, 0) is 47.2 Å². The number of amides is 2. The number of carbonyl (C=O) groups is 2. The molecule has 36 heavy (non-hydrogen) atoms. The molecule has 0 radical (unpaired) electrons. The molecule has 190 valence electrons. The van der Waals surface area contributed by atoms with Crippen LogP contribution in [0.2, 0.25) is 5.02 Å². The lowest BCUT2D eigenvalue weighted by molar-refractivity contribution is -0.142. The van der Waals surface area contributed by atoms with Gasteiger partial charge < -0.3 is 15.0 Å². The van der Waals surface area contributed by atoms with E-state index in [9.17, 15) is 9.59 Å². The Morgan fingerprint density at radius 1 is 0.944 bits per heavy atom. The number of hydrogen-bond donors (Lipinski definition) is 1. The van der Waals surface area contributed by atoms with Crippen molar-refractivity contribution in [2.45, 2.75) is 52.1 Å². The van der Waals surface area contributed by atoms with Gasteiger partial charge in [0.05, 0.1) is 0 Å². The molecule has 0 bridgehead atoms. The van der Waals surface area contributed by atoms with Crippen molar-refractivity contribution < 1.29 is 14.3 Å². The molecule has 1 atom stereocenters. The third-order valence-corrected chi connectivity index (χ3v) is 6.40. The number of nitrogens with one attached hydrogen (secondary N) is 1. The molecule has 0 aliphatic carbocycles. The highest BCUT2D eigenvalue weighted by Gasteiger charge is 2.31. The summed E-state index contributed by atoms with van der Waals surface area (Å²) in [5.41, 5.74) is 2.94. The highest BCUT2D eigenvalue weighted by molar-refractivity contribution is 6.31. The Labute approximate surface area is 219 Å². The number of carbonyl (C=O) groups excluding carboxylic acids is 2. The van der Waals surface area contributed by atoms with Gasteiger partial charge in [0.2, 0.25) is 5.91 Å². The van der Waals surface area contributed by atoms with E-state index in [1.54, 1.807) is 11.0 Å². The van der Waals surface area contributed by atoms with E-state index in [0.717, 1.165) is 17.5 Å². The number of nitrogens with zero attached hydrogens (tertiary/aromatic N) is 1. The second-order valence-electron chi connectivity index (χ2n) is 9.12. The van der Waals surface area contributed by atoms with Gasteiger partial charge in [-0.15, -0.1) is 0 Å². The van der Waals surface area contributed by atoms with Crippen LogP contribution in [0.15, 0.2) is 78.9 Å². The monoisotopic (exact) mass is 506 g/mol. The normalized spacial score (nSPS) is 11.7. The fourth-order valence-corrected chi connectivity index (χ4v) is 4.10. The first-order chi connectivity index (χ1) is 17.4. The van der Waals surface area contributed by atoms with Crippen LogP contribution in [-0.4, -0.2) is 35.9 Å². The SMILES string of the molecule is CCCNC(=O)C(Cc1ccccc1)N(Cc1ccccc1Cl)C(=O)COc1ccc(C(C)C)cc1. The number of halogens is 1. The summed E-state index contributed by atoms with van der Waals surface area (Å²) in [7, 11) is 0. The average Bonchev–Trinajstić information content (AvgIpc) is 2.89. The standard InChI is InChI=1S/C30H35ClN2O3/c1-4-18-32-30(35)28(19-23-10-6-5-7-11-23)33(20-25-12-8-9-13-27(25)31)29(34)21-36-26-16-14-24(15-17-26)22(2)3/h5-17,22,28H,4,18-21H2,1-3H3,(H,32,35). The predicted molar refractivity (Wildman–Crippen MR) is 145 cm³/mol. The molecule has 0 aromatic heterocycles. The van der Waals surface area contributed by atoms with Crippen LogP contribution < -0.4 is 10.1 Å². The molecule has 0 heterocycles. The van der Waals surface area contributed by atoms with E-state index in [-0.39, 0.29) is 25.0 Å². The van der Waals surface area contributed by atoms with Crippen LogP contribution in [0.1, 0.15) is 49.8 Å². The Kier molecular flexibility index (Phi) is 10.4. The summed E-state index contributed by atoms with van der Waals surface area (Å²) < 4.78 is 5.86. The molecule has 1 N–H and O–H groups in total. The Balaban J connectivity index is 1.87. The number of hydrogen-bond acceptors (Lipinski definition) is 3. The Hall–Kier alpha value is -3.31. The lowest BCUT2D eigenvalue weighted by atomic mass is 10.0. The molecule has 0 spiro atoms. The molecular formula is C30H35ClN2O3. The molecule has 0 aliphatic heterocycles. The first-order valence-corrected chi connectivity index (χ1v) is 12.8. The fourth-order valence-electron chi connectivity index (χ4n) is 3.91. The summed E-state index contributed by atoms with van der Waals surface area (Å²) in [6, 6.07) is 24.1. The van der Waals surface area contributed by atoms with Gasteiger partial charge in [0.1, 0.15) is 11.8 Å². The number of benzene rings is 3. The first kappa shape index (κ1) is 27.3. The topological polar surface area (TPSA) is 58.6 Å². The van der Waals surface area contributed by atoms with E-state index >= 15 is 0 Å². The molecule has 2 amide bonds. The van der Waals surface area contributed by atoms with Crippen molar-refractivity contribution in [2.24, 2.45) is 0 Å². The highest BCUT2D eigenvalue weighted by Crippen LogP contribution is 2.22. The molecule has 3 aromatic carbocycles. The molecule has 0 saturated heterocycles. The minimum absolute atomic E-state index is 0.183. The summed E-state index contributed by atoms with van der Waals surface area (Å²) in [5, 5.41) is 3.52. The average molecular weight is 507 g/mol. The summed E-state index contributed by atoms with van der Waals surface area (Å²) in [4.78, 5) is 28.5. The Morgan fingerprint density at radius 2 is 1.61 bits per heavy atom. The molecular weight excluding hydrogens is 472 g/mol. The van der Waals surface area contributed by atoms with E-state index in [2.05, 4.69) is 19.2 Å². The minimum atomic E-state index is -0.713. The molecule has 0 saturated carbocycles. The zero-order valence-electron chi connectivity index (χ0n) is 21.2. The first-order valence-electron chi connectivity index (χ1n) is 12.5. The maximum absolute atomic E-state index is 13.6. The second-order valence-corrected chi connectivity index (χ2v) is 9.53. The van der Waals surface area contributed by atoms with E-state index < -0.39 is 6.04 Å². The third-order valence-electron chi connectivity index (χ3n) is 6.03. The van der Waals surface area contributed by atoms with Crippen molar-refractivity contribution in [3.8, 4) is 5.75 Å². The lowest BCUT2D eigenvalue weighted by Crippen LogP contribution is -2.51.